The maximum Gasteiger partial charge on any atom is 0.123 e. The zero-order valence-electron chi connectivity index (χ0n) is 10.3. The minimum absolute atomic E-state index is 0.764. The molecule has 0 aliphatic heterocycles. The van der Waals surface area contributed by atoms with E-state index in [0.717, 1.165) is 35.3 Å². The van der Waals surface area contributed by atoms with Gasteiger partial charge >= 0.3 is 0 Å². The smallest absolute Gasteiger partial charge is 0.123 e. The molecule has 0 aromatic heterocycles. The van der Waals surface area contributed by atoms with Gasteiger partial charge in [0.15, 0.2) is 0 Å². The summed E-state index contributed by atoms with van der Waals surface area (Å²) in [6, 6.07) is 5.74. The molecule has 0 radical (unpaired) electrons. The maximum atomic E-state index is 5.98. The molecule has 0 amide bonds. The molecular weight excluding hydrogens is 234 g/mol. The quantitative estimate of drug-likeness (QED) is 0.750. The second-order valence-corrected chi connectivity index (χ2v) is 5.15. The normalized spacial score (nSPS) is 14.9. The van der Waals surface area contributed by atoms with Crippen LogP contribution >= 0.6 is 11.6 Å². The van der Waals surface area contributed by atoms with E-state index in [1.54, 1.807) is 7.11 Å². The topological polar surface area (TPSA) is 21.3 Å². The molecule has 1 aromatic rings. The molecule has 0 bridgehead atoms. The molecule has 1 aromatic carbocycles. The van der Waals surface area contributed by atoms with E-state index in [1.165, 1.54) is 25.7 Å². The highest BCUT2D eigenvalue weighted by atomic mass is 35.5. The van der Waals surface area contributed by atoms with E-state index in [0.29, 0.717) is 0 Å². The van der Waals surface area contributed by atoms with Crippen LogP contribution in [0.4, 0.5) is 0 Å². The Kier molecular flexibility index (Phi) is 4.69. The summed E-state index contributed by atoms with van der Waals surface area (Å²) < 4.78 is 5.31. The van der Waals surface area contributed by atoms with Gasteiger partial charge in [-0.1, -0.05) is 24.4 Å². The molecule has 1 fully saturated rings. The zero-order chi connectivity index (χ0) is 12.1. The van der Waals surface area contributed by atoms with Crippen LogP contribution in [0, 0.1) is 5.92 Å². The Morgan fingerprint density at radius 3 is 2.94 bits per heavy atom. The van der Waals surface area contributed by atoms with Crippen LogP contribution in [0.3, 0.4) is 0 Å². The van der Waals surface area contributed by atoms with Crippen molar-refractivity contribution in [2.75, 3.05) is 13.7 Å². The Hall–Kier alpha value is -0.730. The zero-order valence-corrected chi connectivity index (χ0v) is 11.1. The summed E-state index contributed by atoms with van der Waals surface area (Å²) in [4.78, 5) is 0. The minimum atomic E-state index is 0.764. The molecule has 1 aliphatic rings. The van der Waals surface area contributed by atoms with E-state index in [1.807, 2.05) is 18.2 Å². The van der Waals surface area contributed by atoms with Gasteiger partial charge in [0.25, 0.3) is 0 Å². The Labute approximate surface area is 108 Å². The Morgan fingerprint density at radius 1 is 1.41 bits per heavy atom. The lowest BCUT2D eigenvalue weighted by Crippen LogP contribution is -2.15. The summed E-state index contributed by atoms with van der Waals surface area (Å²) in [6.07, 6.45) is 5.54. The van der Waals surface area contributed by atoms with Gasteiger partial charge in [-0.25, -0.2) is 0 Å². The van der Waals surface area contributed by atoms with Crippen LogP contribution in [-0.2, 0) is 6.54 Å². The summed E-state index contributed by atoms with van der Waals surface area (Å²) in [7, 11) is 1.69. The van der Waals surface area contributed by atoms with Crippen molar-refractivity contribution >= 4 is 11.6 Å². The lowest BCUT2D eigenvalue weighted by molar-refractivity contribution is 0.407. The number of rotatable bonds is 7. The molecule has 2 nitrogen and oxygen atoms in total. The fraction of sp³-hybridized carbons (Fsp3) is 0.571. The lowest BCUT2D eigenvalue weighted by Gasteiger charge is -2.10. The van der Waals surface area contributed by atoms with Gasteiger partial charge in [-0.2, -0.15) is 0 Å². The summed E-state index contributed by atoms with van der Waals surface area (Å²) in [6.45, 7) is 1.90. The van der Waals surface area contributed by atoms with Gasteiger partial charge in [0.05, 0.1) is 7.11 Å². The number of methoxy groups -OCH3 is 1. The van der Waals surface area contributed by atoms with Crippen molar-refractivity contribution in [2.24, 2.45) is 5.92 Å². The molecule has 1 saturated carbocycles. The van der Waals surface area contributed by atoms with E-state index in [4.69, 9.17) is 16.3 Å². The van der Waals surface area contributed by atoms with Crippen molar-refractivity contribution in [3.8, 4) is 5.75 Å². The van der Waals surface area contributed by atoms with Crippen LogP contribution in [0.2, 0.25) is 5.02 Å². The van der Waals surface area contributed by atoms with Crippen LogP contribution in [0.1, 0.15) is 31.2 Å². The molecule has 1 aliphatic carbocycles. The van der Waals surface area contributed by atoms with E-state index in [-0.39, 0.29) is 0 Å². The van der Waals surface area contributed by atoms with Crippen molar-refractivity contribution in [1.82, 2.24) is 5.32 Å². The highest BCUT2D eigenvalue weighted by molar-refractivity contribution is 6.30. The molecule has 1 N–H and O–H groups in total. The van der Waals surface area contributed by atoms with Crippen molar-refractivity contribution in [2.45, 2.75) is 32.2 Å². The minimum Gasteiger partial charge on any atom is -0.496 e. The lowest BCUT2D eigenvalue weighted by atomic mass is 10.2. The van der Waals surface area contributed by atoms with E-state index in [9.17, 15) is 0 Å². The average molecular weight is 254 g/mol. The van der Waals surface area contributed by atoms with Crippen LogP contribution in [-0.4, -0.2) is 13.7 Å². The molecule has 0 spiro atoms. The summed E-state index contributed by atoms with van der Waals surface area (Å²) >= 11 is 5.98. The van der Waals surface area contributed by atoms with Gasteiger partial charge in [0, 0.05) is 17.1 Å². The fourth-order valence-corrected chi connectivity index (χ4v) is 2.23. The number of hydrogen-bond acceptors (Lipinski definition) is 2. The third-order valence-corrected chi connectivity index (χ3v) is 3.46. The summed E-state index contributed by atoms with van der Waals surface area (Å²) in [5, 5.41) is 4.21. The third kappa shape index (κ3) is 4.21. The first-order valence-corrected chi connectivity index (χ1v) is 6.70. The van der Waals surface area contributed by atoms with Crippen LogP contribution in [0.5, 0.6) is 5.75 Å². The van der Waals surface area contributed by atoms with Gasteiger partial charge in [-0.3, -0.25) is 0 Å². The predicted molar refractivity (Wildman–Crippen MR) is 71.7 cm³/mol. The fourth-order valence-electron chi connectivity index (χ4n) is 2.03. The second kappa shape index (κ2) is 6.27. The Balaban J connectivity index is 1.74. The van der Waals surface area contributed by atoms with Crippen molar-refractivity contribution < 1.29 is 4.74 Å². The second-order valence-electron chi connectivity index (χ2n) is 4.72. The van der Waals surface area contributed by atoms with Crippen LogP contribution in [0.25, 0.3) is 0 Å². The molecule has 0 unspecified atom stereocenters. The van der Waals surface area contributed by atoms with Gasteiger partial charge in [0.2, 0.25) is 0 Å². The first kappa shape index (κ1) is 12.7. The summed E-state index contributed by atoms with van der Waals surface area (Å²) in [5.41, 5.74) is 1.13. The Morgan fingerprint density at radius 2 is 2.24 bits per heavy atom. The van der Waals surface area contributed by atoms with Crippen molar-refractivity contribution in [3.63, 3.8) is 0 Å². The first-order chi connectivity index (χ1) is 8.29. The molecular formula is C14H20ClNO. The number of benzene rings is 1. The van der Waals surface area contributed by atoms with Crippen molar-refractivity contribution in [1.29, 1.82) is 0 Å². The van der Waals surface area contributed by atoms with E-state index in [2.05, 4.69) is 5.32 Å². The predicted octanol–water partition coefficient (Wildman–Crippen LogP) is 3.63. The number of ether oxygens (including phenoxy) is 1. The Bertz CT molecular complexity index is 363. The van der Waals surface area contributed by atoms with Gasteiger partial charge in [0.1, 0.15) is 5.75 Å². The molecule has 0 atom stereocenters. The largest absolute Gasteiger partial charge is 0.496 e. The number of hydrogen-bond donors (Lipinski definition) is 1. The molecule has 0 saturated heterocycles. The molecule has 17 heavy (non-hydrogen) atoms. The highest BCUT2D eigenvalue weighted by Crippen LogP contribution is 2.33. The molecule has 94 valence electrons. The average Bonchev–Trinajstić information content (AvgIpc) is 3.13. The summed E-state index contributed by atoms with van der Waals surface area (Å²) in [5.74, 6) is 1.93. The van der Waals surface area contributed by atoms with Gasteiger partial charge in [-0.15, -0.1) is 0 Å². The van der Waals surface area contributed by atoms with Crippen LogP contribution < -0.4 is 10.1 Å². The van der Waals surface area contributed by atoms with E-state index >= 15 is 0 Å². The maximum absolute atomic E-state index is 5.98. The first-order valence-electron chi connectivity index (χ1n) is 6.32. The number of nitrogens with one attached hydrogen (secondary N) is 1. The number of halogens is 1. The van der Waals surface area contributed by atoms with Crippen LogP contribution in [0.15, 0.2) is 18.2 Å². The van der Waals surface area contributed by atoms with Gasteiger partial charge in [-0.05, 0) is 43.5 Å². The van der Waals surface area contributed by atoms with Gasteiger partial charge < -0.3 is 10.1 Å². The SMILES string of the molecule is COc1ccc(Cl)cc1CNCCCC1CC1. The molecule has 3 heteroatoms. The monoisotopic (exact) mass is 253 g/mol. The van der Waals surface area contributed by atoms with E-state index < -0.39 is 0 Å². The molecule has 0 heterocycles. The standard InChI is InChI=1S/C14H20ClNO/c1-17-14-7-6-13(15)9-12(14)10-16-8-2-3-11-4-5-11/h6-7,9,11,16H,2-5,8,10H2,1H3. The molecule has 2 rings (SSSR count). The highest BCUT2D eigenvalue weighted by Gasteiger charge is 2.19. The third-order valence-electron chi connectivity index (χ3n) is 3.22. The van der Waals surface area contributed by atoms with Crippen molar-refractivity contribution in [3.05, 3.63) is 28.8 Å².